The third-order valence-electron chi connectivity index (χ3n) is 5.86. The van der Waals surface area contributed by atoms with E-state index in [1.54, 1.807) is 17.3 Å². The molecule has 0 amide bonds. The average Bonchev–Trinajstić information content (AvgIpc) is 3.09. The van der Waals surface area contributed by atoms with Crippen LogP contribution in [0.1, 0.15) is 36.5 Å². The van der Waals surface area contributed by atoms with Crippen molar-refractivity contribution < 1.29 is 0 Å². The van der Waals surface area contributed by atoms with Crippen LogP contribution >= 0.6 is 0 Å². The zero-order valence-electron chi connectivity index (χ0n) is 17.7. The van der Waals surface area contributed by atoms with Gasteiger partial charge in [0.05, 0.1) is 17.6 Å². The monoisotopic (exact) mass is 404 g/mol. The van der Waals surface area contributed by atoms with Crippen molar-refractivity contribution >= 4 is 11.4 Å². The molecule has 1 aliphatic carbocycles. The molecule has 1 aliphatic heterocycles. The van der Waals surface area contributed by atoms with Crippen molar-refractivity contribution in [3.05, 3.63) is 114 Å². The molecule has 1 atom stereocenters. The lowest BCUT2D eigenvalue weighted by Crippen LogP contribution is -2.30. The van der Waals surface area contributed by atoms with Crippen molar-refractivity contribution in [3.8, 4) is 17.2 Å². The van der Waals surface area contributed by atoms with Crippen LogP contribution < -0.4 is 5.32 Å². The summed E-state index contributed by atoms with van der Waals surface area (Å²) in [6, 6.07) is 16.8. The van der Waals surface area contributed by atoms with E-state index in [9.17, 15) is 5.26 Å². The smallest absolute Gasteiger partial charge is 0.134 e. The van der Waals surface area contributed by atoms with Gasteiger partial charge in [-0.3, -0.25) is 5.41 Å². The maximum atomic E-state index is 10.1. The fourth-order valence-corrected chi connectivity index (χ4v) is 4.40. The van der Waals surface area contributed by atoms with E-state index in [1.165, 1.54) is 0 Å². The molecule has 4 heteroatoms. The van der Waals surface area contributed by atoms with Crippen LogP contribution in [0.25, 0.3) is 16.7 Å². The second-order valence-corrected chi connectivity index (χ2v) is 7.54. The van der Waals surface area contributed by atoms with Gasteiger partial charge in [0.25, 0.3) is 0 Å². The third kappa shape index (κ3) is 3.12. The van der Waals surface area contributed by atoms with Crippen LogP contribution in [0.3, 0.4) is 0 Å². The molecular weight excluding hydrogens is 380 g/mol. The van der Waals surface area contributed by atoms with Gasteiger partial charge in [-0.25, -0.2) is 0 Å². The minimum absolute atomic E-state index is 0.272. The van der Waals surface area contributed by atoms with Crippen LogP contribution in [0, 0.1) is 16.7 Å². The quantitative estimate of drug-likeness (QED) is 0.411. The first-order chi connectivity index (χ1) is 15.0. The molecule has 1 heterocycles. The van der Waals surface area contributed by atoms with Gasteiger partial charge in [0.1, 0.15) is 5.84 Å². The summed E-state index contributed by atoms with van der Waals surface area (Å²) in [5.74, 6) is -0.103. The van der Waals surface area contributed by atoms with Crippen LogP contribution in [-0.4, -0.2) is 10.7 Å². The van der Waals surface area contributed by atoms with Gasteiger partial charge in [0.15, 0.2) is 0 Å². The Balaban J connectivity index is 1.96. The number of fused-ring (bicyclic) bond motifs is 3. The van der Waals surface area contributed by atoms with E-state index in [-0.39, 0.29) is 11.8 Å². The molecule has 0 spiro atoms. The standard InChI is InChI=1S/C27H24N4/c1-5-14-31(6-2)27(29)24-16-30-18(4)23(15-28)26(24)22-13-9-12-20-17(3)19-10-7-8-11-21(19)25(20)22/h5-14,16,26,29-30H,2-3H2,1,4H3/b14-5-,29-27?. The van der Waals surface area contributed by atoms with E-state index in [4.69, 9.17) is 5.41 Å². The van der Waals surface area contributed by atoms with E-state index in [2.05, 4.69) is 48.8 Å². The molecule has 0 radical (unpaired) electrons. The topological polar surface area (TPSA) is 62.9 Å². The lowest BCUT2D eigenvalue weighted by Gasteiger charge is -2.30. The second kappa shape index (κ2) is 7.97. The van der Waals surface area contributed by atoms with Crippen molar-refractivity contribution in [1.82, 2.24) is 10.2 Å². The second-order valence-electron chi connectivity index (χ2n) is 7.54. The minimum atomic E-state index is -0.375. The molecule has 0 fully saturated rings. The zero-order chi connectivity index (χ0) is 22.1. The highest BCUT2D eigenvalue weighted by atomic mass is 15.1. The van der Waals surface area contributed by atoms with Crippen molar-refractivity contribution in [2.24, 2.45) is 0 Å². The van der Waals surface area contributed by atoms with E-state index >= 15 is 0 Å². The summed E-state index contributed by atoms with van der Waals surface area (Å²) in [6.45, 7) is 12.0. The zero-order valence-corrected chi connectivity index (χ0v) is 17.7. The normalized spacial score (nSPS) is 16.9. The maximum absolute atomic E-state index is 10.1. The van der Waals surface area contributed by atoms with Gasteiger partial charge in [0, 0.05) is 29.9 Å². The summed E-state index contributed by atoms with van der Waals surface area (Å²) in [4.78, 5) is 1.66. The Morgan fingerprint density at radius 1 is 1.16 bits per heavy atom. The molecule has 0 bridgehead atoms. The summed E-state index contributed by atoms with van der Waals surface area (Å²) in [5.41, 5.74) is 8.50. The first kappa shape index (κ1) is 20.2. The third-order valence-corrected chi connectivity index (χ3v) is 5.86. The molecular formula is C27H24N4. The predicted molar refractivity (Wildman–Crippen MR) is 127 cm³/mol. The maximum Gasteiger partial charge on any atom is 0.134 e. The predicted octanol–water partition coefficient (Wildman–Crippen LogP) is 6.05. The van der Waals surface area contributed by atoms with Gasteiger partial charge < -0.3 is 10.2 Å². The van der Waals surface area contributed by atoms with Crippen LogP contribution in [0.5, 0.6) is 0 Å². The van der Waals surface area contributed by atoms with Crippen LogP contribution in [0.15, 0.2) is 97.1 Å². The number of benzene rings is 2. The SMILES string of the molecule is C=CN(/C=C\C)C(=N)C1=CNC(C)=C(C#N)C1c1cccc2c1-c1ccccc1C2=C. The van der Waals surface area contributed by atoms with Crippen molar-refractivity contribution in [2.45, 2.75) is 19.8 Å². The van der Waals surface area contributed by atoms with Gasteiger partial charge in [-0.2, -0.15) is 5.26 Å². The Labute approximate surface area is 183 Å². The number of rotatable bonds is 4. The Bertz CT molecular complexity index is 1250. The Kier molecular flexibility index (Phi) is 5.19. The summed E-state index contributed by atoms with van der Waals surface area (Å²) < 4.78 is 0. The molecule has 152 valence electrons. The largest absolute Gasteiger partial charge is 0.364 e. The minimum Gasteiger partial charge on any atom is -0.364 e. The van der Waals surface area contributed by atoms with Gasteiger partial charge in [-0.15, -0.1) is 0 Å². The van der Waals surface area contributed by atoms with Gasteiger partial charge in [-0.05, 0) is 47.2 Å². The lowest BCUT2D eigenvalue weighted by atomic mass is 9.78. The highest BCUT2D eigenvalue weighted by Crippen LogP contribution is 2.49. The molecule has 2 aromatic carbocycles. The number of nitriles is 1. The molecule has 0 saturated heterocycles. The van der Waals surface area contributed by atoms with E-state index < -0.39 is 0 Å². The molecule has 0 saturated carbocycles. The first-order valence-corrected chi connectivity index (χ1v) is 10.2. The Hall–Kier alpha value is -4.10. The van der Waals surface area contributed by atoms with Crippen molar-refractivity contribution in [3.63, 3.8) is 0 Å². The number of hydrogen-bond donors (Lipinski definition) is 2. The highest BCUT2D eigenvalue weighted by molar-refractivity contribution is 6.04. The summed E-state index contributed by atoms with van der Waals surface area (Å²) >= 11 is 0. The molecule has 0 aromatic heterocycles. The van der Waals surface area contributed by atoms with E-state index in [1.807, 2.05) is 44.3 Å². The van der Waals surface area contributed by atoms with Crippen LogP contribution in [-0.2, 0) is 0 Å². The fourth-order valence-electron chi connectivity index (χ4n) is 4.40. The lowest BCUT2D eigenvalue weighted by molar-refractivity contribution is 0.731. The molecule has 2 N–H and O–H groups in total. The number of nitrogens with zero attached hydrogens (tertiary/aromatic N) is 2. The number of allylic oxidation sites excluding steroid dienone is 3. The Morgan fingerprint density at radius 2 is 1.87 bits per heavy atom. The van der Waals surface area contributed by atoms with Crippen molar-refractivity contribution in [1.29, 1.82) is 10.7 Å². The first-order valence-electron chi connectivity index (χ1n) is 10.2. The summed E-state index contributed by atoms with van der Waals surface area (Å²) in [5, 5.41) is 22.1. The molecule has 2 aliphatic rings. The Morgan fingerprint density at radius 3 is 2.55 bits per heavy atom. The average molecular weight is 405 g/mol. The summed E-state index contributed by atoms with van der Waals surface area (Å²) in [6.07, 6.45) is 7.08. The highest BCUT2D eigenvalue weighted by Gasteiger charge is 2.35. The number of nitrogens with one attached hydrogen (secondary N) is 2. The number of amidine groups is 1. The fraction of sp³-hybridized carbons (Fsp3) is 0.111. The molecule has 4 rings (SSSR count). The van der Waals surface area contributed by atoms with Gasteiger partial charge >= 0.3 is 0 Å². The van der Waals surface area contributed by atoms with Crippen molar-refractivity contribution in [2.75, 3.05) is 0 Å². The summed E-state index contributed by atoms with van der Waals surface area (Å²) in [7, 11) is 0. The molecule has 31 heavy (non-hydrogen) atoms. The molecule has 1 unspecified atom stereocenters. The molecule has 2 aromatic rings. The molecule has 4 nitrogen and oxygen atoms in total. The number of hydrogen-bond acceptors (Lipinski definition) is 3. The number of dihydropyridines is 1. The van der Waals surface area contributed by atoms with Gasteiger partial charge in [-0.1, -0.05) is 61.7 Å². The van der Waals surface area contributed by atoms with Crippen LogP contribution in [0.2, 0.25) is 0 Å². The van der Waals surface area contributed by atoms with Gasteiger partial charge in [0.2, 0.25) is 0 Å². The van der Waals surface area contributed by atoms with E-state index in [0.717, 1.165) is 39.1 Å². The van der Waals surface area contributed by atoms with E-state index in [0.29, 0.717) is 11.1 Å². The van der Waals surface area contributed by atoms with Crippen LogP contribution in [0.4, 0.5) is 0 Å².